The highest BCUT2D eigenvalue weighted by Crippen LogP contribution is 2.29. The molecule has 0 saturated heterocycles. The van der Waals surface area contributed by atoms with Crippen molar-refractivity contribution < 1.29 is 14.2 Å². The third kappa shape index (κ3) is 7.66. The summed E-state index contributed by atoms with van der Waals surface area (Å²) >= 11 is 0. The molecule has 0 bridgehead atoms. The first kappa shape index (κ1) is 22.6. The Morgan fingerprint density at radius 1 is 0.966 bits per heavy atom. The van der Waals surface area contributed by atoms with E-state index in [0.717, 1.165) is 23.4 Å². The smallest absolute Gasteiger partial charge is 0.196 e. The van der Waals surface area contributed by atoms with Gasteiger partial charge in [-0.25, -0.2) is 4.99 Å². The van der Waals surface area contributed by atoms with E-state index in [2.05, 4.69) is 49.6 Å². The SMILES string of the molecule is CCNC(=NCc1cccc(COC(C)(C)C)c1)Nc1ccc(OC)c(OC)c1. The molecule has 29 heavy (non-hydrogen) atoms. The molecule has 2 aromatic rings. The highest BCUT2D eigenvalue weighted by Gasteiger charge is 2.10. The monoisotopic (exact) mass is 399 g/mol. The number of guanidine groups is 1. The van der Waals surface area contributed by atoms with Crippen LogP contribution in [-0.2, 0) is 17.9 Å². The number of hydrogen-bond donors (Lipinski definition) is 2. The van der Waals surface area contributed by atoms with Crippen molar-refractivity contribution in [2.24, 2.45) is 4.99 Å². The summed E-state index contributed by atoms with van der Waals surface area (Å²) in [5.74, 6) is 2.06. The standard InChI is InChI=1S/C23H33N3O3/c1-7-24-22(26-19-11-12-20(27-5)21(14-19)28-6)25-15-17-9-8-10-18(13-17)16-29-23(2,3)4/h8-14H,7,15-16H2,1-6H3,(H2,24,25,26). The third-order valence-electron chi connectivity index (χ3n) is 4.07. The van der Waals surface area contributed by atoms with Gasteiger partial charge in [-0.1, -0.05) is 24.3 Å². The minimum atomic E-state index is -0.157. The van der Waals surface area contributed by atoms with Gasteiger partial charge in [0, 0.05) is 18.3 Å². The number of ether oxygens (including phenoxy) is 3. The summed E-state index contributed by atoms with van der Waals surface area (Å²) in [6, 6.07) is 14.0. The third-order valence-corrected chi connectivity index (χ3v) is 4.07. The molecule has 0 heterocycles. The number of hydrogen-bond acceptors (Lipinski definition) is 4. The molecule has 0 fully saturated rings. The normalized spacial score (nSPS) is 11.9. The highest BCUT2D eigenvalue weighted by molar-refractivity contribution is 5.93. The van der Waals surface area contributed by atoms with Crippen LogP contribution in [0.4, 0.5) is 5.69 Å². The predicted octanol–water partition coefficient (Wildman–Crippen LogP) is 4.60. The van der Waals surface area contributed by atoms with Crippen molar-refractivity contribution in [2.75, 3.05) is 26.1 Å². The molecule has 6 nitrogen and oxygen atoms in total. The molecule has 158 valence electrons. The number of anilines is 1. The van der Waals surface area contributed by atoms with Gasteiger partial charge in [-0.15, -0.1) is 0 Å². The van der Waals surface area contributed by atoms with Crippen LogP contribution in [0.15, 0.2) is 47.5 Å². The molecular weight excluding hydrogens is 366 g/mol. The van der Waals surface area contributed by atoms with Crippen LogP contribution in [0.2, 0.25) is 0 Å². The maximum absolute atomic E-state index is 5.87. The van der Waals surface area contributed by atoms with Crippen molar-refractivity contribution in [2.45, 2.75) is 46.4 Å². The molecule has 0 radical (unpaired) electrons. The maximum Gasteiger partial charge on any atom is 0.196 e. The van der Waals surface area contributed by atoms with Crippen LogP contribution in [0.25, 0.3) is 0 Å². The molecule has 0 spiro atoms. The summed E-state index contributed by atoms with van der Waals surface area (Å²) in [5.41, 5.74) is 2.99. The fourth-order valence-corrected chi connectivity index (χ4v) is 2.65. The van der Waals surface area contributed by atoms with Gasteiger partial charge in [-0.05, 0) is 51.0 Å². The Bertz CT molecular complexity index is 813. The number of benzene rings is 2. The van der Waals surface area contributed by atoms with Crippen molar-refractivity contribution in [3.8, 4) is 11.5 Å². The van der Waals surface area contributed by atoms with Crippen LogP contribution in [0.3, 0.4) is 0 Å². The molecule has 0 aliphatic heterocycles. The lowest BCUT2D eigenvalue weighted by Gasteiger charge is -2.19. The topological polar surface area (TPSA) is 64.1 Å². The second-order valence-corrected chi connectivity index (χ2v) is 7.61. The Morgan fingerprint density at radius 3 is 2.34 bits per heavy atom. The summed E-state index contributed by atoms with van der Waals surface area (Å²) in [4.78, 5) is 4.71. The van der Waals surface area contributed by atoms with E-state index in [1.807, 2.05) is 31.2 Å². The van der Waals surface area contributed by atoms with Gasteiger partial charge in [-0.3, -0.25) is 0 Å². The zero-order chi connectivity index (χ0) is 21.3. The molecule has 0 aliphatic rings. The minimum absolute atomic E-state index is 0.157. The first-order valence-electron chi connectivity index (χ1n) is 9.83. The molecule has 0 atom stereocenters. The Kier molecular flexibility index (Phi) is 8.34. The fraction of sp³-hybridized carbons (Fsp3) is 0.435. The van der Waals surface area contributed by atoms with Crippen molar-refractivity contribution >= 4 is 11.6 Å². The lowest BCUT2D eigenvalue weighted by atomic mass is 10.1. The number of aliphatic imine (C=N–C) groups is 1. The molecule has 0 unspecified atom stereocenters. The molecule has 6 heteroatoms. The van der Waals surface area contributed by atoms with Crippen molar-refractivity contribution in [1.82, 2.24) is 5.32 Å². The first-order chi connectivity index (χ1) is 13.8. The van der Waals surface area contributed by atoms with Gasteiger partial charge in [0.1, 0.15) is 0 Å². The molecule has 2 aromatic carbocycles. The second kappa shape index (κ2) is 10.7. The molecular formula is C23H33N3O3. The van der Waals surface area contributed by atoms with Crippen LogP contribution in [-0.4, -0.2) is 32.3 Å². The molecule has 0 amide bonds. The second-order valence-electron chi connectivity index (χ2n) is 7.61. The fourth-order valence-electron chi connectivity index (χ4n) is 2.65. The van der Waals surface area contributed by atoms with E-state index in [-0.39, 0.29) is 5.60 Å². The summed E-state index contributed by atoms with van der Waals surface area (Å²) in [7, 11) is 3.24. The summed E-state index contributed by atoms with van der Waals surface area (Å²) in [6.07, 6.45) is 0. The number of rotatable bonds is 8. The zero-order valence-electron chi connectivity index (χ0n) is 18.3. The van der Waals surface area contributed by atoms with E-state index in [0.29, 0.717) is 30.6 Å². The first-order valence-corrected chi connectivity index (χ1v) is 9.83. The van der Waals surface area contributed by atoms with Crippen molar-refractivity contribution in [3.05, 3.63) is 53.6 Å². The molecule has 0 aromatic heterocycles. The summed E-state index contributed by atoms with van der Waals surface area (Å²) < 4.78 is 16.5. The number of methoxy groups -OCH3 is 2. The van der Waals surface area contributed by atoms with Crippen LogP contribution >= 0.6 is 0 Å². The van der Waals surface area contributed by atoms with E-state index in [9.17, 15) is 0 Å². The Balaban J connectivity index is 2.09. The van der Waals surface area contributed by atoms with Gasteiger partial charge < -0.3 is 24.8 Å². The van der Waals surface area contributed by atoms with Crippen molar-refractivity contribution in [1.29, 1.82) is 0 Å². The lowest BCUT2D eigenvalue weighted by molar-refractivity contribution is -0.0149. The number of nitrogens with zero attached hydrogens (tertiary/aromatic N) is 1. The van der Waals surface area contributed by atoms with E-state index in [1.165, 1.54) is 0 Å². The summed E-state index contributed by atoms with van der Waals surface area (Å²) in [5, 5.41) is 6.58. The molecule has 2 N–H and O–H groups in total. The van der Waals surface area contributed by atoms with Crippen LogP contribution < -0.4 is 20.1 Å². The van der Waals surface area contributed by atoms with E-state index in [1.54, 1.807) is 14.2 Å². The van der Waals surface area contributed by atoms with Gasteiger partial charge in [0.25, 0.3) is 0 Å². The molecule has 0 saturated carbocycles. The molecule has 0 aliphatic carbocycles. The Morgan fingerprint density at radius 2 is 1.69 bits per heavy atom. The minimum Gasteiger partial charge on any atom is -0.493 e. The van der Waals surface area contributed by atoms with Gasteiger partial charge in [0.15, 0.2) is 17.5 Å². The molecule has 2 rings (SSSR count). The van der Waals surface area contributed by atoms with E-state index >= 15 is 0 Å². The highest BCUT2D eigenvalue weighted by atomic mass is 16.5. The van der Waals surface area contributed by atoms with Crippen molar-refractivity contribution in [3.63, 3.8) is 0 Å². The maximum atomic E-state index is 5.87. The van der Waals surface area contributed by atoms with E-state index in [4.69, 9.17) is 19.2 Å². The zero-order valence-corrected chi connectivity index (χ0v) is 18.3. The Labute approximate surface area is 174 Å². The largest absolute Gasteiger partial charge is 0.493 e. The predicted molar refractivity (Wildman–Crippen MR) is 119 cm³/mol. The van der Waals surface area contributed by atoms with Crippen LogP contribution in [0.5, 0.6) is 11.5 Å². The quantitative estimate of drug-likeness (QED) is 0.502. The Hall–Kier alpha value is -2.73. The van der Waals surface area contributed by atoms with Gasteiger partial charge in [0.05, 0.1) is 33.0 Å². The van der Waals surface area contributed by atoms with Crippen LogP contribution in [0, 0.1) is 0 Å². The summed E-state index contributed by atoms with van der Waals surface area (Å²) in [6.45, 7) is 10.1. The lowest BCUT2D eigenvalue weighted by Crippen LogP contribution is -2.30. The number of nitrogens with one attached hydrogen (secondary N) is 2. The average Bonchev–Trinajstić information content (AvgIpc) is 2.70. The van der Waals surface area contributed by atoms with E-state index < -0.39 is 0 Å². The van der Waals surface area contributed by atoms with Gasteiger partial charge in [-0.2, -0.15) is 0 Å². The van der Waals surface area contributed by atoms with Gasteiger partial charge in [0.2, 0.25) is 0 Å². The van der Waals surface area contributed by atoms with Crippen LogP contribution in [0.1, 0.15) is 38.8 Å². The van der Waals surface area contributed by atoms with Gasteiger partial charge >= 0.3 is 0 Å². The average molecular weight is 400 g/mol.